The van der Waals surface area contributed by atoms with Crippen molar-refractivity contribution < 1.29 is 84.5 Å². The summed E-state index contributed by atoms with van der Waals surface area (Å²) in [5.74, 6) is -24.0. The number of alkyl halides is 13. The third kappa shape index (κ3) is 6.48. The third-order valence-corrected chi connectivity index (χ3v) is 3.44. The van der Waals surface area contributed by atoms with Gasteiger partial charge in [-0.25, -0.2) is 4.39 Å². The lowest BCUT2D eigenvalue weighted by Crippen LogP contribution is -2.68. The molecule has 0 radical (unpaired) electrons. The van der Waals surface area contributed by atoms with Crippen LogP contribution in [0.4, 0.5) is 70.2 Å². The molecule has 0 saturated carbocycles. The Kier molecular flexibility index (Phi) is 9.79. The number of hydrogen-bond donors (Lipinski definition) is 0. The van der Waals surface area contributed by atoms with Crippen molar-refractivity contribution in [3.8, 4) is 0 Å². The molecule has 198 valence electrons. The second-order valence-corrected chi connectivity index (χ2v) is 5.94. The zero-order valence-corrected chi connectivity index (χ0v) is 15.7. The molecule has 19 heteroatoms. The van der Waals surface area contributed by atoms with Gasteiger partial charge in [-0.3, -0.25) is 4.74 Å². The van der Waals surface area contributed by atoms with Crippen LogP contribution in [0.2, 0.25) is 0 Å². The lowest BCUT2D eigenvalue weighted by molar-refractivity contribution is -0.488. The number of unbranched alkanes of at least 4 members (excludes halogenated alkanes) is 2. The minimum absolute atomic E-state index is 0.155. The molecule has 33 heavy (non-hydrogen) atoms. The van der Waals surface area contributed by atoms with Crippen molar-refractivity contribution in [3.63, 3.8) is 0 Å². The van der Waals surface area contributed by atoms with Crippen LogP contribution in [0.3, 0.4) is 0 Å². The van der Waals surface area contributed by atoms with Crippen LogP contribution in [0.15, 0.2) is 12.1 Å². The summed E-state index contributed by atoms with van der Waals surface area (Å²) in [5.41, 5.74) is 0. The molecule has 0 rings (SSSR count). The van der Waals surface area contributed by atoms with Crippen molar-refractivity contribution in [1.82, 2.24) is 0 Å². The van der Waals surface area contributed by atoms with Crippen molar-refractivity contribution in [1.29, 1.82) is 0 Å². The van der Waals surface area contributed by atoms with Gasteiger partial charge in [-0.05, 0) is 6.42 Å². The Morgan fingerprint density at radius 1 is 0.697 bits per heavy atom. The van der Waals surface area contributed by atoms with E-state index in [1.54, 1.807) is 0 Å². The summed E-state index contributed by atoms with van der Waals surface area (Å²) in [6.45, 7) is 0.430. The van der Waals surface area contributed by atoms with Gasteiger partial charge in [-0.15, -0.1) is 0 Å². The lowest BCUT2D eigenvalue weighted by atomic mass is 10.0. The van der Waals surface area contributed by atoms with Gasteiger partial charge < -0.3 is 9.47 Å². The second kappa shape index (κ2) is 10.3. The fraction of sp³-hybridized carbons (Fsp3) is 0.857. The molecule has 0 aliphatic heterocycles. The predicted molar refractivity (Wildman–Crippen MR) is 72.6 cm³/mol. The van der Waals surface area contributed by atoms with Crippen LogP contribution in [0.25, 0.3) is 0 Å². The van der Waals surface area contributed by atoms with Crippen molar-refractivity contribution >= 4 is 0 Å². The van der Waals surface area contributed by atoms with Gasteiger partial charge in [0.2, 0.25) is 0 Å². The normalized spacial score (nSPS) is 15.4. The van der Waals surface area contributed by atoms with E-state index < -0.39 is 61.2 Å². The molecule has 0 aliphatic carbocycles. The lowest BCUT2D eigenvalue weighted by Gasteiger charge is -2.38. The Hall–Kier alpha value is -1.66. The summed E-state index contributed by atoms with van der Waals surface area (Å²) >= 11 is 0. The topological polar surface area (TPSA) is 27.7 Å². The second-order valence-electron chi connectivity index (χ2n) is 5.94. The Morgan fingerprint density at radius 3 is 1.58 bits per heavy atom. The largest absolute Gasteiger partial charge is 0.472 e. The van der Waals surface area contributed by atoms with E-state index in [2.05, 4.69) is 9.47 Å². The monoisotopic (exact) mass is 532 g/mol. The fourth-order valence-corrected chi connectivity index (χ4v) is 1.68. The summed E-state index contributed by atoms with van der Waals surface area (Å²) in [7, 11) is 0. The molecule has 0 N–H and O–H groups in total. The van der Waals surface area contributed by atoms with Crippen LogP contribution in [0.1, 0.15) is 26.2 Å². The molecule has 0 saturated heterocycles. The maximum atomic E-state index is 13.4. The van der Waals surface area contributed by atoms with E-state index in [1.165, 1.54) is 6.92 Å². The zero-order chi connectivity index (χ0) is 26.7. The van der Waals surface area contributed by atoms with Crippen LogP contribution < -0.4 is 0 Å². The van der Waals surface area contributed by atoms with E-state index in [0.29, 0.717) is 6.42 Å². The predicted octanol–water partition coefficient (Wildman–Crippen LogP) is 7.24. The first-order valence-corrected chi connectivity index (χ1v) is 8.14. The number of rotatable bonds is 14. The Balaban J connectivity index is 5.90. The summed E-state index contributed by atoms with van der Waals surface area (Å²) < 4.78 is 215. The highest BCUT2D eigenvalue weighted by Crippen LogP contribution is 2.58. The van der Waals surface area contributed by atoms with Gasteiger partial charge in [0.1, 0.15) is 0 Å². The average molecular weight is 532 g/mol. The summed E-state index contributed by atoms with van der Waals surface area (Å²) in [5, 5.41) is 0. The molecule has 0 heterocycles. The molecule has 0 spiro atoms. The zero-order valence-electron chi connectivity index (χ0n) is 15.7. The molecule has 0 fully saturated rings. The summed E-state index contributed by atoms with van der Waals surface area (Å²) in [6.07, 6.45) is -29.0. The van der Waals surface area contributed by atoms with Crippen molar-refractivity contribution in [2.24, 2.45) is 0 Å². The van der Waals surface area contributed by atoms with Crippen LogP contribution >= 0.6 is 0 Å². The quantitative estimate of drug-likeness (QED) is 0.134. The van der Waals surface area contributed by atoms with Crippen LogP contribution in [0, 0.1) is 0 Å². The highest BCUT2D eigenvalue weighted by molar-refractivity contribution is 5.05. The van der Waals surface area contributed by atoms with E-state index in [9.17, 15) is 70.2 Å². The average Bonchev–Trinajstić information content (AvgIpc) is 2.63. The van der Waals surface area contributed by atoms with Gasteiger partial charge >= 0.3 is 48.2 Å². The minimum Gasteiger partial charge on any atom is -0.397 e. The van der Waals surface area contributed by atoms with Gasteiger partial charge in [0.05, 0.1) is 6.61 Å². The van der Waals surface area contributed by atoms with E-state index in [0.717, 1.165) is 0 Å². The maximum absolute atomic E-state index is 13.4. The van der Waals surface area contributed by atoms with Crippen LogP contribution in [-0.2, 0) is 14.2 Å². The molecule has 0 amide bonds. The van der Waals surface area contributed by atoms with Crippen molar-refractivity contribution in [3.05, 3.63) is 12.1 Å². The standard InChI is InChI=1S/C14H12F16O3/c1-2-3-4-5-31-9(19,20)8(18)33-14(29,30)12(25,26)10(21,22)11(23,24)13(27,28)32-7(17)6(15)16/h8H,2-5H2,1H3. The molecule has 1 unspecified atom stereocenters. The molecule has 0 aliphatic rings. The van der Waals surface area contributed by atoms with Gasteiger partial charge in [0.25, 0.3) is 6.36 Å². The van der Waals surface area contributed by atoms with Crippen molar-refractivity contribution in [2.45, 2.75) is 68.6 Å². The first-order chi connectivity index (χ1) is 14.5. The summed E-state index contributed by atoms with van der Waals surface area (Å²) in [6, 6.07) is -3.98. The number of ether oxygens (including phenoxy) is 3. The molecular formula is C14H12F16O3. The maximum Gasteiger partial charge on any atom is 0.472 e. The minimum atomic E-state index is -8.11. The van der Waals surface area contributed by atoms with Crippen molar-refractivity contribution in [2.75, 3.05) is 6.61 Å². The molecule has 0 aromatic heterocycles. The van der Waals surface area contributed by atoms with Gasteiger partial charge in [-0.1, -0.05) is 19.8 Å². The van der Waals surface area contributed by atoms with Gasteiger partial charge in [-0.2, -0.15) is 65.9 Å². The highest BCUT2D eigenvalue weighted by Gasteiger charge is 2.89. The summed E-state index contributed by atoms with van der Waals surface area (Å²) in [4.78, 5) is 0. The first kappa shape index (κ1) is 31.3. The molecule has 0 bridgehead atoms. The third-order valence-electron chi connectivity index (χ3n) is 3.44. The Morgan fingerprint density at radius 2 is 1.15 bits per heavy atom. The molecule has 3 nitrogen and oxygen atoms in total. The fourth-order valence-electron chi connectivity index (χ4n) is 1.68. The highest BCUT2D eigenvalue weighted by atomic mass is 19.4. The smallest absolute Gasteiger partial charge is 0.397 e. The first-order valence-electron chi connectivity index (χ1n) is 8.14. The van der Waals surface area contributed by atoms with E-state index >= 15 is 0 Å². The molecule has 0 aromatic carbocycles. The SMILES string of the molecule is CCCCCOC(F)(F)C(F)OC(F)(F)C(F)(F)C(F)(F)C(F)(F)C(F)(F)OC(F)=C(F)F. The number of hydrogen-bond acceptors (Lipinski definition) is 3. The number of halogens is 16. The molecule has 1 atom stereocenters. The van der Waals surface area contributed by atoms with E-state index in [-0.39, 0.29) is 12.8 Å². The van der Waals surface area contributed by atoms with Gasteiger partial charge in [0, 0.05) is 0 Å². The van der Waals surface area contributed by atoms with Gasteiger partial charge in [0.15, 0.2) is 0 Å². The van der Waals surface area contributed by atoms with E-state index in [4.69, 9.17) is 0 Å². The van der Waals surface area contributed by atoms with Crippen LogP contribution in [-0.4, -0.2) is 49.1 Å². The molecular weight excluding hydrogens is 520 g/mol. The van der Waals surface area contributed by atoms with E-state index in [1.807, 2.05) is 4.74 Å². The Labute approximate surface area is 173 Å². The Bertz CT molecular complexity index is 673. The van der Waals surface area contributed by atoms with Crippen LogP contribution in [0.5, 0.6) is 0 Å². The molecule has 0 aromatic rings.